The van der Waals surface area contributed by atoms with E-state index in [-0.39, 0.29) is 0 Å². The Morgan fingerprint density at radius 1 is 0.607 bits per heavy atom. The number of pyridine rings is 2. The van der Waals surface area contributed by atoms with Crippen LogP contribution in [0, 0.1) is 0 Å². The molecule has 2 aliphatic rings. The van der Waals surface area contributed by atoms with Crippen molar-refractivity contribution in [1.82, 2.24) is 14.5 Å². The molecule has 0 unspecified atom stereocenters. The van der Waals surface area contributed by atoms with Crippen LogP contribution < -0.4 is 4.90 Å². The molecule has 4 heterocycles. The topological polar surface area (TPSA) is 71.0 Å². The molecule has 1 aliphatic heterocycles. The number of fused-ring (bicyclic) bond motifs is 5. The van der Waals surface area contributed by atoms with Gasteiger partial charge in [-0.1, -0.05) is 109 Å². The molecular weight excluding hydrogens is 747 g/mol. The lowest BCUT2D eigenvalue weighted by Crippen LogP contribution is -2.28. The molecule has 0 radical (unpaired) electrons. The average molecular weight is 786 g/mol. The molecule has 1 aliphatic carbocycles. The van der Waals surface area contributed by atoms with Gasteiger partial charge in [-0.25, -0.2) is 9.98 Å². The van der Waals surface area contributed by atoms with Crippen molar-refractivity contribution in [3.63, 3.8) is 0 Å². The quantitative estimate of drug-likeness (QED) is 0.124. The van der Waals surface area contributed by atoms with Crippen LogP contribution in [0.2, 0.25) is 0 Å². The second-order valence-corrected chi connectivity index (χ2v) is 15.3. The number of nitrogens with zero attached hydrogens (tertiary/aromatic N) is 7. The fraction of sp³-hybridized carbons (Fsp3) is 0.0556. The van der Waals surface area contributed by atoms with Crippen LogP contribution in [0.3, 0.4) is 0 Å². The molecule has 6 aromatic carbocycles. The minimum Gasteiger partial charge on any atom is -0.309 e. The minimum absolute atomic E-state index is 0.424. The van der Waals surface area contributed by atoms with Gasteiger partial charge in [-0.05, 0) is 102 Å². The highest BCUT2D eigenvalue weighted by Crippen LogP contribution is 2.52. The van der Waals surface area contributed by atoms with Crippen LogP contribution >= 0.6 is 0 Å². The highest BCUT2D eigenvalue weighted by molar-refractivity contribution is 6.26. The van der Waals surface area contributed by atoms with Crippen LogP contribution in [0.25, 0.3) is 71.6 Å². The summed E-state index contributed by atoms with van der Waals surface area (Å²) in [7, 11) is 0. The third-order valence-electron chi connectivity index (χ3n) is 11.7. The maximum absolute atomic E-state index is 5.38. The number of guanidine groups is 1. The maximum Gasteiger partial charge on any atom is 0.232 e. The fourth-order valence-electron chi connectivity index (χ4n) is 8.91. The number of hydrogen-bond donors (Lipinski definition) is 0. The predicted octanol–water partition coefficient (Wildman–Crippen LogP) is 13.1. The van der Waals surface area contributed by atoms with E-state index < -0.39 is 0 Å². The largest absolute Gasteiger partial charge is 0.309 e. The molecule has 0 fully saturated rings. The van der Waals surface area contributed by atoms with Crippen LogP contribution in [0.1, 0.15) is 18.4 Å². The summed E-state index contributed by atoms with van der Waals surface area (Å²) in [5, 5.41) is 4.54. The molecule has 0 spiro atoms. The molecule has 0 bridgehead atoms. The van der Waals surface area contributed by atoms with Crippen molar-refractivity contribution < 1.29 is 0 Å². The molecule has 9 aromatic rings. The molecule has 11 rings (SSSR count). The van der Waals surface area contributed by atoms with Crippen LogP contribution in [-0.2, 0) is 6.54 Å². The van der Waals surface area contributed by atoms with Gasteiger partial charge in [0.15, 0.2) is 5.84 Å². The first-order valence-corrected chi connectivity index (χ1v) is 20.6. The Morgan fingerprint density at radius 2 is 1.39 bits per heavy atom. The Balaban J connectivity index is 1.25. The molecule has 0 atom stereocenters. The molecule has 290 valence electrons. The number of hydrogen-bond acceptors (Lipinski definition) is 3. The zero-order valence-corrected chi connectivity index (χ0v) is 33.4. The fourth-order valence-corrected chi connectivity index (χ4v) is 8.91. The van der Waals surface area contributed by atoms with Gasteiger partial charge in [-0.3, -0.25) is 14.9 Å². The van der Waals surface area contributed by atoms with Crippen molar-refractivity contribution in [2.75, 3.05) is 4.90 Å². The van der Waals surface area contributed by atoms with E-state index in [0.29, 0.717) is 18.3 Å². The molecule has 0 N–H and O–H groups in total. The molecule has 0 amide bonds. The summed E-state index contributed by atoms with van der Waals surface area (Å²) in [6.07, 6.45) is 15.8. The first-order chi connectivity index (χ1) is 30.2. The first-order valence-electron chi connectivity index (χ1n) is 20.6. The van der Waals surface area contributed by atoms with Gasteiger partial charge < -0.3 is 4.57 Å². The summed E-state index contributed by atoms with van der Waals surface area (Å²) in [6.45, 7) is 4.44. The normalized spacial score (nSPS) is 13.8. The maximum atomic E-state index is 5.38. The van der Waals surface area contributed by atoms with Crippen LogP contribution in [-0.4, -0.2) is 33.0 Å². The molecular formula is C54H39N7. The van der Waals surface area contributed by atoms with E-state index in [1.54, 1.807) is 0 Å². The summed E-state index contributed by atoms with van der Waals surface area (Å²) in [6, 6.07) is 51.6. The number of allylic oxidation sites excluding steroid dienone is 2. The van der Waals surface area contributed by atoms with Crippen molar-refractivity contribution >= 4 is 62.5 Å². The van der Waals surface area contributed by atoms with E-state index in [1.165, 1.54) is 0 Å². The van der Waals surface area contributed by atoms with Crippen molar-refractivity contribution in [2.24, 2.45) is 15.0 Å². The second kappa shape index (κ2) is 15.3. The predicted molar refractivity (Wildman–Crippen MR) is 253 cm³/mol. The summed E-state index contributed by atoms with van der Waals surface area (Å²) >= 11 is 0. The van der Waals surface area contributed by atoms with Crippen molar-refractivity contribution in [1.29, 1.82) is 0 Å². The summed E-state index contributed by atoms with van der Waals surface area (Å²) in [4.78, 5) is 26.5. The molecule has 7 heteroatoms. The number of aromatic nitrogens is 3. The zero-order chi connectivity index (χ0) is 40.7. The van der Waals surface area contributed by atoms with E-state index in [2.05, 4.69) is 165 Å². The van der Waals surface area contributed by atoms with Gasteiger partial charge in [0, 0.05) is 68.9 Å². The average Bonchev–Trinajstić information content (AvgIpc) is 3.65. The number of benzene rings is 6. The summed E-state index contributed by atoms with van der Waals surface area (Å²) in [5.41, 5.74) is 13.8. The molecule has 3 aromatic heterocycles. The van der Waals surface area contributed by atoms with Gasteiger partial charge in [0.25, 0.3) is 0 Å². The zero-order valence-electron chi connectivity index (χ0n) is 33.4. The van der Waals surface area contributed by atoms with Crippen LogP contribution in [0.4, 0.5) is 11.4 Å². The first kappa shape index (κ1) is 36.1. The van der Waals surface area contributed by atoms with E-state index in [9.17, 15) is 0 Å². The highest BCUT2D eigenvalue weighted by Gasteiger charge is 2.31. The van der Waals surface area contributed by atoms with Crippen LogP contribution in [0.15, 0.2) is 209 Å². The lowest BCUT2D eigenvalue weighted by atomic mass is 9.87. The Bertz CT molecular complexity index is 3270. The van der Waals surface area contributed by atoms with E-state index in [1.807, 2.05) is 55.1 Å². The van der Waals surface area contributed by atoms with Crippen molar-refractivity contribution in [3.8, 4) is 39.1 Å². The molecule has 0 saturated carbocycles. The third-order valence-corrected chi connectivity index (χ3v) is 11.7. The number of amidine groups is 1. The molecule has 0 saturated heterocycles. The molecule has 7 nitrogen and oxygen atoms in total. The number of aliphatic imine (C=N–C) groups is 3. The lowest BCUT2D eigenvalue weighted by molar-refractivity contribution is 1.03. The van der Waals surface area contributed by atoms with E-state index >= 15 is 0 Å². The highest BCUT2D eigenvalue weighted by atomic mass is 15.3. The molecule has 61 heavy (non-hydrogen) atoms. The van der Waals surface area contributed by atoms with Gasteiger partial charge in [0.1, 0.15) is 0 Å². The monoisotopic (exact) mass is 785 g/mol. The van der Waals surface area contributed by atoms with E-state index in [0.717, 1.165) is 107 Å². The third kappa shape index (κ3) is 6.35. The van der Waals surface area contributed by atoms with Gasteiger partial charge >= 0.3 is 0 Å². The van der Waals surface area contributed by atoms with E-state index in [4.69, 9.17) is 9.98 Å². The SMILES string of the molecule is C=N/C(=N\C(=NCc1ccccc1)N1c2cc3c(cc2-c2cccc4c(-c5cccnc5)ccc1c24)c1cc(-c2cccnc2)ccc1n3-c1ccccc1)C1=CCCC=C1. The van der Waals surface area contributed by atoms with Gasteiger partial charge in [0.2, 0.25) is 5.96 Å². The number of para-hydroxylation sites is 1. The van der Waals surface area contributed by atoms with Crippen molar-refractivity contribution in [2.45, 2.75) is 19.4 Å². The second-order valence-electron chi connectivity index (χ2n) is 15.3. The Kier molecular flexibility index (Phi) is 9.04. The van der Waals surface area contributed by atoms with Gasteiger partial charge in [-0.15, -0.1) is 0 Å². The summed E-state index contributed by atoms with van der Waals surface area (Å²) < 4.78 is 2.37. The number of anilines is 2. The van der Waals surface area contributed by atoms with Crippen molar-refractivity contribution in [3.05, 3.63) is 200 Å². The van der Waals surface area contributed by atoms with Gasteiger partial charge in [0.05, 0.1) is 29.0 Å². The standard InChI is InChI=1S/C54H39N7/c1-55-53(37-16-7-3-8-17-37)59-54(58-33-36-14-5-2-6-15-36)61-49-27-25-42(40-19-13-29-57-35-40)43-22-11-23-44(52(43)49)46-31-47-45-30-38(39-18-12-28-56-34-39)24-26-48(45)60(50(47)32-51(46)61)41-20-9-4-10-21-41/h2,4-7,9-32,34-35H,1,3,8,33H2/b58-54?,59-53-. The lowest BCUT2D eigenvalue weighted by Gasteiger charge is -2.33. The Labute approximate surface area is 353 Å². The Morgan fingerprint density at radius 3 is 2.15 bits per heavy atom. The number of rotatable bonds is 6. The van der Waals surface area contributed by atoms with Gasteiger partial charge in [-0.2, -0.15) is 4.99 Å². The smallest absolute Gasteiger partial charge is 0.232 e. The summed E-state index contributed by atoms with van der Waals surface area (Å²) in [5.74, 6) is 1.06. The minimum atomic E-state index is 0.424. The van der Waals surface area contributed by atoms with Crippen LogP contribution in [0.5, 0.6) is 0 Å². The Hall–Kier alpha value is -8.03.